The summed E-state index contributed by atoms with van der Waals surface area (Å²) in [7, 11) is 0. The van der Waals surface area contributed by atoms with Crippen LogP contribution in [0.3, 0.4) is 0 Å². The summed E-state index contributed by atoms with van der Waals surface area (Å²) in [5.74, 6) is 0.477. The summed E-state index contributed by atoms with van der Waals surface area (Å²) in [6.07, 6.45) is 1.82. The third kappa shape index (κ3) is 6.26. The maximum Gasteiger partial charge on any atom is 0.271 e. The predicted molar refractivity (Wildman–Crippen MR) is 137 cm³/mol. The number of hydrogen-bond acceptors (Lipinski definition) is 5. The molecule has 0 saturated carbocycles. The van der Waals surface area contributed by atoms with Gasteiger partial charge in [0, 0.05) is 23.9 Å². The Kier molecular flexibility index (Phi) is 7.48. The van der Waals surface area contributed by atoms with Gasteiger partial charge in [-0.1, -0.05) is 53.6 Å². The second kappa shape index (κ2) is 10.7. The van der Waals surface area contributed by atoms with Crippen molar-refractivity contribution in [2.75, 3.05) is 5.32 Å². The Morgan fingerprint density at radius 1 is 1.11 bits per heavy atom. The Labute approximate surface area is 214 Å². The molecule has 178 valence electrons. The second-order valence-electron chi connectivity index (χ2n) is 7.82. The number of nitro groups is 1. The van der Waals surface area contributed by atoms with Crippen LogP contribution in [-0.2, 0) is 13.2 Å². The monoisotopic (exact) mass is 554 g/mol. The zero-order chi connectivity index (χ0) is 24.9. The zero-order valence-electron chi connectivity index (χ0n) is 18.6. The highest BCUT2D eigenvalue weighted by molar-refractivity contribution is 9.10. The van der Waals surface area contributed by atoms with Gasteiger partial charge in [0.1, 0.15) is 12.4 Å². The Morgan fingerprint density at radius 2 is 1.80 bits per heavy atom. The molecule has 4 aromatic rings. The third-order valence-electron chi connectivity index (χ3n) is 5.15. The van der Waals surface area contributed by atoms with Crippen LogP contribution in [0.25, 0.3) is 0 Å². The van der Waals surface area contributed by atoms with Crippen LogP contribution in [0.1, 0.15) is 27.0 Å². The number of nitrogens with zero attached hydrogens (tertiary/aromatic N) is 3. The first-order valence-electron chi connectivity index (χ1n) is 10.5. The minimum atomic E-state index is -0.521. The van der Waals surface area contributed by atoms with Crippen molar-refractivity contribution in [1.82, 2.24) is 9.78 Å². The third-order valence-corrected chi connectivity index (χ3v) is 6.03. The van der Waals surface area contributed by atoms with Gasteiger partial charge in [-0.3, -0.25) is 19.6 Å². The minimum absolute atomic E-state index is 0.107. The van der Waals surface area contributed by atoms with Crippen LogP contribution < -0.4 is 10.1 Å². The fourth-order valence-electron chi connectivity index (χ4n) is 3.26. The highest BCUT2D eigenvalue weighted by atomic mass is 79.9. The molecule has 0 fully saturated rings. The maximum absolute atomic E-state index is 12.7. The van der Waals surface area contributed by atoms with Crippen molar-refractivity contribution in [3.05, 3.63) is 115 Å². The van der Waals surface area contributed by atoms with E-state index in [9.17, 15) is 14.9 Å². The number of hydrogen-bond donors (Lipinski definition) is 1. The van der Waals surface area contributed by atoms with E-state index in [4.69, 9.17) is 16.3 Å². The number of halogens is 2. The lowest BCUT2D eigenvalue weighted by Gasteiger charge is -2.09. The highest BCUT2D eigenvalue weighted by Crippen LogP contribution is 2.29. The second-order valence-corrected chi connectivity index (χ2v) is 9.08. The van der Waals surface area contributed by atoms with E-state index in [-0.39, 0.29) is 23.2 Å². The molecule has 1 aromatic heterocycles. The number of carbonyl (C=O) groups excluding carboxylic acids is 1. The molecule has 0 aliphatic heterocycles. The summed E-state index contributed by atoms with van der Waals surface area (Å²) in [4.78, 5) is 23.0. The molecule has 0 saturated heterocycles. The van der Waals surface area contributed by atoms with Crippen molar-refractivity contribution in [2.45, 2.75) is 20.1 Å². The van der Waals surface area contributed by atoms with Gasteiger partial charge in [-0.25, -0.2) is 0 Å². The summed E-state index contributed by atoms with van der Waals surface area (Å²) in [6, 6.07) is 19.1. The number of amides is 1. The van der Waals surface area contributed by atoms with Gasteiger partial charge in [-0.15, -0.1) is 0 Å². The van der Waals surface area contributed by atoms with Crippen molar-refractivity contribution in [2.24, 2.45) is 0 Å². The zero-order valence-corrected chi connectivity index (χ0v) is 20.9. The number of nitro benzene ring substituents is 1. The molecule has 0 spiro atoms. The molecule has 8 nitrogen and oxygen atoms in total. The fraction of sp³-hybridized carbons (Fsp3) is 0.120. The average Bonchev–Trinajstić information content (AvgIpc) is 3.18. The SMILES string of the molecule is Cc1ccc(Cn2cc(Br)c(NC(=O)c3ccc(COc4ccc([N+](=O)[O-])cc4Cl)cc3)n2)cc1. The molecule has 1 heterocycles. The lowest BCUT2D eigenvalue weighted by Crippen LogP contribution is -2.13. The first-order valence-corrected chi connectivity index (χ1v) is 11.7. The topological polar surface area (TPSA) is 99.3 Å². The van der Waals surface area contributed by atoms with E-state index in [1.165, 1.54) is 23.8 Å². The van der Waals surface area contributed by atoms with Gasteiger partial charge < -0.3 is 10.1 Å². The molecule has 0 bridgehead atoms. The van der Waals surface area contributed by atoms with Crippen LogP contribution >= 0.6 is 27.5 Å². The quantitative estimate of drug-likeness (QED) is 0.200. The molecule has 3 aromatic carbocycles. The van der Waals surface area contributed by atoms with Gasteiger partial charge in [0.2, 0.25) is 0 Å². The molecule has 0 unspecified atom stereocenters. The van der Waals surface area contributed by atoms with E-state index in [2.05, 4.69) is 26.3 Å². The lowest BCUT2D eigenvalue weighted by atomic mass is 10.1. The Morgan fingerprint density at radius 3 is 2.46 bits per heavy atom. The number of carbonyl (C=O) groups is 1. The largest absolute Gasteiger partial charge is 0.487 e. The van der Waals surface area contributed by atoms with Crippen LogP contribution in [0, 0.1) is 17.0 Å². The van der Waals surface area contributed by atoms with Crippen LogP contribution in [0.2, 0.25) is 5.02 Å². The van der Waals surface area contributed by atoms with Gasteiger partial charge in [-0.2, -0.15) is 5.10 Å². The van der Waals surface area contributed by atoms with Gasteiger partial charge >= 0.3 is 0 Å². The van der Waals surface area contributed by atoms with E-state index in [1.807, 2.05) is 37.4 Å². The lowest BCUT2D eigenvalue weighted by molar-refractivity contribution is -0.384. The molecular formula is C25H20BrClN4O4. The molecule has 0 aliphatic rings. The number of rotatable bonds is 8. The van der Waals surface area contributed by atoms with Crippen molar-refractivity contribution < 1.29 is 14.5 Å². The highest BCUT2D eigenvalue weighted by Gasteiger charge is 2.13. The molecule has 0 radical (unpaired) electrons. The number of benzene rings is 3. The Balaban J connectivity index is 1.35. The smallest absolute Gasteiger partial charge is 0.271 e. The standard InChI is InChI=1S/C25H20BrClN4O4/c1-16-2-4-17(5-3-16)13-30-14-21(26)24(29-30)28-25(32)19-8-6-18(7-9-19)15-35-23-11-10-20(31(33)34)12-22(23)27/h2-12,14H,13,15H2,1H3,(H,28,29,32). The molecule has 10 heteroatoms. The first-order chi connectivity index (χ1) is 16.8. The molecular weight excluding hydrogens is 536 g/mol. The number of nitrogens with one attached hydrogen (secondary N) is 1. The van der Waals surface area contributed by atoms with Gasteiger partial charge in [0.25, 0.3) is 11.6 Å². The van der Waals surface area contributed by atoms with Gasteiger partial charge in [0.15, 0.2) is 5.82 Å². The summed E-state index contributed by atoms with van der Waals surface area (Å²) in [5, 5.41) is 18.3. The number of anilines is 1. The van der Waals surface area contributed by atoms with Gasteiger partial charge in [-0.05, 0) is 52.2 Å². The molecule has 4 rings (SSSR count). The molecule has 35 heavy (non-hydrogen) atoms. The normalized spacial score (nSPS) is 10.7. The van der Waals surface area contributed by atoms with E-state index in [0.29, 0.717) is 28.1 Å². The molecule has 0 atom stereocenters. The number of aromatic nitrogens is 2. The van der Waals surface area contributed by atoms with Crippen LogP contribution in [0.4, 0.5) is 11.5 Å². The van der Waals surface area contributed by atoms with Crippen LogP contribution in [0.5, 0.6) is 5.75 Å². The Bertz CT molecular complexity index is 1370. The fourth-order valence-corrected chi connectivity index (χ4v) is 3.90. The number of ether oxygens (including phenoxy) is 1. The van der Waals surface area contributed by atoms with Crippen LogP contribution in [-0.4, -0.2) is 20.6 Å². The Hall–Kier alpha value is -3.69. The van der Waals surface area contributed by atoms with Gasteiger partial charge in [0.05, 0.1) is 21.0 Å². The molecule has 0 aliphatic carbocycles. The van der Waals surface area contributed by atoms with Crippen molar-refractivity contribution in [1.29, 1.82) is 0 Å². The number of non-ortho nitro benzene ring substituents is 1. The van der Waals surface area contributed by atoms with Crippen LogP contribution in [0.15, 0.2) is 77.4 Å². The van der Waals surface area contributed by atoms with Crippen molar-refractivity contribution in [3.8, 4) is 5.75 Å². The maximum atomic E-state index is 12.7. The van der Waals surface area contributed by atoms with E-state index in [0.717, 1.165) is 11.1 Å². The summed E-state index contributed by atoms with van der Waals surface area (Å²) in [5.41, 5.74) is 3.46. The van der Waals surface area contributed by atoms with E-state index < -0.39 is 4.92 Å². The number of aryl methyl sites for hydroxylation is 1. The summed E-state index contributed by atoms with van der Waals surface area (Å²) in [6.45, 7) is 2.81. The summed E-state index contributed by atoms with van der Waals surface area (Å²) >= 11 is 9.51. The summed E-state index contributed by atoms with van der Waals surface area (Å²) < 4.78 is 8.09. The minimum Gasteiger partial charge on any atom is -0.487 e. The predicted octanol–water partition coefficient (Wildman–Crippen LogP) is 6.40. The first kappa shape index (κ1) is 24.4. The van der Waals surface area contributed by atoms with E-state index >= 15 is 0 Å². The molecule has 1 N–H and O–H groups in total. The van der Waals surface area contributed by atoms with Crippen molar-refractivity contribution in [3.63, 3.8) is 0 Å². The average molecular weight is 556 g/mol. The molecule has 1 amide bonds. The van der Waals surface area contributed by atoms with E-state index in [1.54, 1.807) is 28.9 Å². The van der Waals surface area contributed by atoms with Crippen molar-refractivity contribution >= 4 is 44.9 Å².